The Bertz CT molecular complexity index is 1230. The van der Waals surface area contributed by atoms with Gasteiger partial charge >= 0.3 is 0 Å². The summed E-state index contributed by atoms with van der Waals surface area (Å²) >= 11 is 0. The lowest BCUT2D eigenvalue weighted by atomic mass is 10.2. The highest BCUT2D eigenvalue weighted by Gasteiger charge is 2.16. The van der Waals surface area contributed by atoms with E-state index in [9.17, 15) is 4.79 Å². The maximum atomic E-state index is 13.1. The molecule has 0 spiro atoms. The number of aromatic nitrogens is 2. The van der Waals surface area contributed by atoms with E-state index in [1.54, 1.807) is 12.3 Å². The Morgan fingerprint density at radius 3 is 2.52 bits per heavy atom. The SMILES string of the molecule is O=c1c2ccccc2nc(-c2ccccc2)n1N=Cc1ccc(N2CCCC2)o1. The molecule has 4 aromatic rings. The molecular formula is C23H20N4O2. The number of hydrogen-bond donors (Lipinski definition) is 0. The van der Waals surface area contributed by atoms with Crippen LogP contribution in [0.15, 0.2) is 81.0 Å². The van der Waals surface area contributed by atoms with Crippen molar-refractivity contribution in [3.05, 3.63) is 82.8 Å². The molecule has 6 nitrogen and oxygen atoms in total. The Morgan fingerprint density at radius 2 is 1.69 bits per heavy atom. The van der Waals surface area contributed by atoms with Crippen molar-refractivity contribution >= 4 is 23.0 Å². The van der Waals surface area contributed by atoms with Gasteiger partial charge in [-0.15, -0.1) is 0 Å². The van der Waals surface area contributed by atoms with Crippen LogP contribution in [0.1, 0.15) is 18.6 Å². The van der Waals surface area contributed by atoms with Gasteiger partial charge < -0.3 is 9.32 Å². The van der Waals surface area contributed by atoms with E-state index in [4.69, 9.17) is 9.40 Å². The molecule has 0 bridgehead atoms. The van der Waals surface area contributed by atoms with Crippen molar-refractivity contribution in [2.24, 2.45) is 5.10 Å². The highest BCUT2D eigenvalue weighted by molar-refractivity contribution is 5.81. The smallest absolute Gasteiger partial charge is 0.282 e. The first-order valence-electron chi connectivity index (χ1n) is 9.76. The van der Waals surface area contributed by atoms with E-state index >= 15 is 0 Å². The highest BCUT2D eigenvalue weighted by Crippen LogP contribution is 2.22. The van der Waals surface area contributed by atoms with E-state index in [2.05, 4.69) is 10.0 Å². The predicted octanol–water partition coefficient (Wildman–Crippen LogP) is 4.14. The third-order valence-corrected chi connectivity index (χ3v) is 5.12. The van der Waals surface area contributed by atoms with Crippen molar-refractivity contribution < 1.29 is 4.42 Å². The number of rotatable bonds is 4. The van der Waals surface area contributed by atoms with Gasteiger partial charge in [0.1, 0.15) is 5.76 Å². The normalized spacial score (nSPS) is 14.3. The van der Waals surface area contributed by atoms with Crippen LogP contribution in [0.5, 0.6) is 0 Å². The van der Waals surface area contributed by atoms with Gasteiger partial charge in [0.15, 0.2) is 11.7 Å². The Kier molecular flexibility index (Phi) is 4.44. The molecule has 0 saturated carbocycles. The summed E-state index contributed by atoms with van der Waals surface area (Å²) in [6.07, 6.45) is 3.94. The zero-order valence-electron chi connectivity index (χ0n) is 15.9. The average molecular weight is 384 g/mol. The van der Waals surface area contributed by atoms with Crippen LogP contribution in [0.3, 0.4) is 0 Å². The molecule has 29 heavy (non-hydrogen) atoms. The third-order valence-electron chi connectivity index (χ3n) is 5.12. The molecule has 0 N–H and O–H groups in total. The van der Waals surface area contributed by atoms with Gasteiger partial charge in [0.2, 0.25) is 0 Å². The van der Waals surface area contributed by atoms with Crippen LogP contribution < -0.4 is 10.5 Å². The van der Waals surface area contributed by atoms with Gasteiger partial charge in [-0.1, -0.05) is 42.5 Å². The maximum absolute atomic E-state index is 13.1. The maximum Gasteiger partial charge on any atom is 0.282 e. The molecule has 1 aliphatic rings. The topological polar surface area (TPSA) is 63.6 Å². The number of anilines is 1. The molecule has 3 heterocycles. The van der Waals surface area contributed by atoms with E-state index in [1.165, 1.54) is 17.5 Å². The minimum atomic E-state index is -0.211. The van der Waals surface area contributed by atoms with Gasteiger partial charge in [-0.2, -0.15) is 9.78 Å². The Balaban J connectivity index is 1.59. The van der Waals surface area contributed by atoms with Gasteiger partial charge in [-0.05, 0) is 31.0 Å². The molecule has 0 aliphatic carbocycles. The van der Waals surface area contributed by atoms with Crippen LogP contribution in [0.2, 0.25) is 0 Å². The largest absolute Gasteiger partial charge is 0.440 e. The summed E-state index contributed by atoms with van der Waals surface area (Å²) in [5, 5.41) is 4.98. The summed E-state index contributed by atoms with van der Waals surface area (Å²) in [4.78, 5) is 20.0. The van der Waals surface area contributed by atoms with Crippen molar-refractivity contribution in [2.75, 3.05) is 18.0 Å². The number of nitrogens with zero attached hydrogens (tertiary/aromatic N) is 4. The third kappa shape index (κ3) is 3.33. The summed E-state index contributed by atoms with van der Waals surface area (Å²) in [7, 11) is 0. The Labute approximate surface area is 167 Å². The Hall–Kier alpha value is -3.67. The van der Waals surface area contributed by atoms with Crippen molar-refractivity contribution in [3.63, 3.8) is 0 Å². The molecule has 1 fully saturated rings. The fourth-order valence-electron chi connectivity index (χ4n) is 3.64. The summed E-state index contributed by atoms with van der Waals surface area (Å²) in [5.74, 6) is 1.94. The standard InChI is InChI=1S/C23H20N4O2/c28-23-19-10-4-5-11-20(19)25-22(17-8-2-1-3-9-17)27(23)24-16-18-12-13-21(29-18)26-14-6-7-15-26/h1-5,8-13,16H,6-7,14-15H2. The van der Waals surface area contributed by atoms with Gasteiger partial charge in [0.25, 0.3) is 5.56 Å². The van der Waals surface area contributed by atoms with Crippen LogP contribution in [-0.4, -0.2) is 29.0 Å². The van der Waals surface area contributed by atoms with E-state index in [0.717, 1.165) is 24.5 Å². The highest BCUT2D eigenvalue weighted by atomic mass is 16.4. The Morgan fingerprint density at radius 1 is 0.931 bits per heavy atom. The number of hydrogen-bond acceptors (Lipinski definition) is 5. The summed E-state index contributed by atoms with van der Waals surface area (Å²) in [6, 6.07) is 20.7. The van der Waals surface area contributed by atoms with Crippen LogP contribution in [0.4, 0.5) is 5.88 Å². The fourth-order valence-corrected chi connectivity index (χ4v) is 3.64. The number of para-hydroxylation sites is 1. The summed E-state index contributed by atoms with van der Waals surface area (Å²) in [5.41, 5.74) is 1.26. The van der Waals surface area contributed by atoms with Crippen LogP contribution in [0, 0.1) is 0 Å². The zero-order valence-corrected chi connectivity index (χ0v) is 15.9. The van der Waals surface area contributed by atoms with E-state index in [1.807, 2.05) is 60.7 Å². The van der Waals surface area contributed by atoms with Gasteiger partial charge in [-0.25, -0.2) is 4.98 Å². The number of furan rings is 1. The van der Waals surface area contributed by atoms with E-state index in [0.29, 0.717) is 22.5 Å². The van der Waals surface area contributed by atoms with Crippen LogP contribution in [0.25, 0.3) is 22.3 Å². The van der Waals surface area contributed by atoms with Crippen molar-refractivity contribution in [2.45, 2.75) is 12.8 Å². The lowest BCUT2D eigenvalue weighted by Crippen LogP contribution is -2.20. The van der Waals surface area contributed by atoms with Crippen molar-refractivity contribution in [1.82, 2.24) is 9.66 Å². The summed E-state index contributed by atoms with van der Waals surface area (Å²) < 4.78 is 7.25. The van der Waals surface area contributed by atoms with E-state index < -0.39 is 0 Å². The first-order valence-corrected chi connectivity index (χ1v) is 9.76. The lowest BCUT2D eigenvalue weighted by molar-refractivity contribution is 0.550. The molecule has 0 atom stereocenters. The quantitative estimate of drug-likeness (QED) is 0.496. The van der Waals surface area contributed by atoms with Crippen LogP contribution >= 0.6 is 0 Å². The molecule has 0 unspecified atom stereocenters. The molecule has 2 aromatic carbocycles. The second kappa shape index (κ2) is 7.39. The number of benzene rings is 2. The second-order valence-corrected chi connectivity index (χ2v) is 7.05. The average Bonchev–Trinajstić information content (AvgIpc) is 3.46. The predicted molar refractivity (Wildman–Crippen MR) is 115 cm³/mol. The molecule has 2 aromatic heterocycles. The number of fused-ring (bicyclic) bond motifs is 1. The first kappa shape index (κ1) is 17.4. The van der Waals surface area contributed by atoms with Crippen LogP contribution in [-0.2, 0) is 0 Å². The van der Waals surface area contributed by atoms with Gasteiger partial charge in [-0.3, -0.25) is 4.79 Å². The van der Waals surface area contributed by atoms with Gasteiger partial charge in [0, 0.05) is 24.7 Å². The monoisotopic (exact) mass is 384 g/mol. The summed E-state index contributed by atoms with van der Waals surface area (Å²) in [6.45, 7) is 2.02. The molecular weight excluding hydrogens is 364 g/mol. The minimum Gasteiger partial charge on any atom is -0.440 e. The first-order chi connectivity index (χ1) is 14.3. The zero-order chi connectivity index (χ0) is 19.6. The fraction of sp³-hybridized carbons (Fsp3) is 0.174. The molecule has 1 aliphatic heterocycles. The minimum absolute atomic E-state index is 0.211. The molecule has 6 heteroatoms. The van der Waals surface area contributed by atoms with Gasteiger partial charge in [0.05, 0.1) is 17.1 Å². The molecule has 0 amide bonds. The molecule has 144 valence electrons. The van der Waals surface area contributed by atoms with Crippen molar-refractivity contribution in [1.29, 1.82) is 0 Å². The lowest BCUT2D eigenvalue weighted by Gasteiger charge is -2.12. The molecule has 5 rings (SSSR count). The van der Waals surface area contributed by atoms with Crippen molar-refractivity contribution in [3.8, 4) is 11.4 Å². The second-order valence-electron chi connectivity index (χ2n) is 7.05. The molecule has 0 radical (unpaired) electrons. The van der Waals surface area contributed by atoms with E-state index in [-0.39, 0.29) is 5.56 Å². The molecule has 1 saturated heterocycles.